The monoisotopic (exact) mass is 336 g/mol. The third-order valence-corrected chi connectivity index (χ3v) is 4.46. The Labute approximate surface area is 144 Å². The Morgan fingerprint density at radius 2 is 1.96 bits per heavy atom. The molecule has 0 saturated carbocycles. The summed E-state index contributed by atoms with van der Waals surface area (Å²) in [4.78, 5) is 12.8. The Balaban J connectivity index is 2.12. The molecule has 1 aromatic carbocycles. The maximum atomic E-state index is 12.8. The number of thioether (sulfide) groups is 1. The van der Waals surface area contributed by atoms with Crippen LogP contribution in [-0.2, 0) is 5.75 Å². The van der Waals surface area contributed by atoms with Crippen molar-refractivity contribution in [2.45, 2.75) is 51.3 Å². The van der Waals surface area contributed by atoms with Gasteiger partial charge in [0.1, 0.15) is 5.75 Å². The molecule has 5 heteroatoms. The van der Waals surface area contributed by atoms with Crippen LogP contribution in [0.25, 0.3) is 0 Å². The zero-order valence-electron chi connectivity index (χ0n) is 14.7. The average molecular weight is 337 g/mol. The number of ether oxygens (including phenoxy) is 1. The first-order valence-electron chi connectivity index (χ1n) is 8.26. The number of benzene rings is 1. The van der Waals surface area contributed by atoms with E-state index >= 15 is 0 Å². The Hall–Kier alpha value is -1.20. The molecule has 4 nitrogen and oxygen atoms in total. The van der Waals surface area contributed by atoms with Gasteiger partial charge >= 0.3 is 6.09 Å². The zero-order chi connectivity index (χ0) is 16.9. The van der Waals surface area contributed by atoms with Crippen LogP contribution >= 0.6 is 11.8 Å². The van der Waals surface area contributed by atoms with E-state index < -0.39 is 0 Å². The van der Waals surface area contributed by atoms with Crippen molar-refractivity contribution in [2.24, 2.45) is 0 Å². The van der Waals surface area contributed by atoms with Crippen molar-refractivity contribution in [2.75, 3.05) is 19.3 Å². The predicted molar refractivity (Wildman–Crippen MR) is 96.7 cm³/mol. The van der Waals surface area contributed by atoms with E-state index in [1.165, 1.54) is 12.0 Å². The summed E-state index contributed by atoms with van der Waals surface area (Å²) in [6.07, 6.45) is 5.27. The minimum atomic E-state index is -0.300. The van der Waals surface area contributed by atoms with E-state index in [4.69, 9.17) is 4.74 Å². The van der Waals surface area contributed by atoms with Crippen LogP contribution in [0.3, 0.4) is 0 Å². The molecule has 1 amide bonds. The molecule has 1 aromatic rings. The number of piperidine rings is 1. The highest BCUT2D eigenvalue weighted by molar-refractivity contribution is 7.97. The fraction of sp³-hybridized carbons (Fsp3) is 0.611. The molecule has 0 bridgehead atoms. The summed E-state index contributed by atoms with van der Waals surface area (Å²) in [6, 6.07) is 7.79. The Morgan fingerprint density at radius 3 is 2.57 bits per heavy atom. The fourth-order valence-corrected chi connectivity index (χ4v) is 3.41. The Morgan fingerprint density at radius 1 is 1.26 bits per heavy atom. The summed E-state index contributed by atoms with van der Waals surface area (Å²) in [6.45, 7) is 7.98. The van der Waals surface area contributed by atoms with Crippen LogP contribution in [0.2, 0.25) is 0 Å². The summed E-state index contributed by atoms with van der Waals surface area (Å²) in [5.74, 6) is 1.54. The summed E-state index contributed by atoms with van der Waals surface area (Å²) in [5, 5.41) is 3.92. The van der Waals surface area contributed by atoms with Gasteiger partial charge in [0.05, 0.1) is 5.54 Å². The van der Waals surface area contributed by atoms with Crippen LogP contribution in [-0.4, -0.2) is 41.0 Å². The lowest BCUT2D eigenvalue weighted by molar-refractivity contribution is -0.0729. The molecule has 1 aliphatic heterocycles. The molecule has 2 rings (SSSR count). The van der Waals surface area contributed by atoms with Crippen molar-refractivity contribution in [3.8, 4) is 5.75 Å². The number of hydrogen-bond donors (Lipinski definition) is 0. The van der Waals surface area contributed by atoms with Gasteiger partial charge < -0.3 is 4.74 Å². The normalized spacial score (nSPS) is 16.2. The van der Waals surface area contributed by atoms with E-state index in [-0.39, 0.29) is 11.6 Å². The van der Waals surface area contributed by atoms with Gasteiger partial charge in [0, 0.05) is 18.8 Å². The summed E-state index contributed by atoms with van der Waals surface area (Å²) in [5.41, 5.74) is 0.869. The zero-order valence-corrected chi connectivity index (χ0v) is 15.5. The molecule has 128 valence electrons. The first kappa shape index (κ1) is 18.1. The van der Waals surface area contributed by atoms with Gasteiger partial charge in [-0.25, -0.2) is 14.8 Å². The van der Waals surface area contributed by atoms with E-state index in [1.807, 2.05) is 39.0 Å². The quantitative estimate of drug-likeness (QED) is 0.807. The molecule has 1 heterocycles. The van der Waals surface area contributed by atoms with Gasteiger partial charge in [-0.05, 0) is 57.6 Å². The van der Waals surface area contributed by atoms with E-state index in [2.05, 4.69) is 17.3 Å². The molecule has 1 saturated heterocycles. The maximum absolute atomic E-state index is 12.8. The standard InChI is InChI=1S/C18H28N2O2S/c1-18(2,3)20(19-11-6-5-7-12-19)17(21)22-16-10-8-9-15(13-16)14-23-4/h8-10,13H,5-7,11-12,14H2,1-4H3. The lowest BCUT2D eigenvalue weighted by atomic mass is 10.1. The molecule has 23 heavy (non-hydrogen) atoms. The molecule has 1 aliphatic rings. The smallest absolute Gasteiger partial charge is 0.409 e. The van der Waals surface area contributed by atoms with Crippen LogP contribution in [0, 0.1) is 0 Å². The largest absolute Gasteiger partial charge is 0.430 e. The predicted octanol–water partition coefficient (Wildman–Crippen LogP) is 4.55. The molecule has 0 atom stereocenters. The highest BCUT2D eigenvalue weighted by atomic mass is 32.2. The molecule has 0 N–H and O–H groups in total. The first-order chi connectivity index (χ1) is 10.9. The van der Waals surface area contributed by atoms with Crippen molar-refractivity contribution in [1.29, 1.82) is 0 Å². The van der Waals surface area contributed by atoms with Crippen LogP contribution in [0.15, 0.2) is 24.3 Å². The second-order valence-corrected chi connectivity index (χ2v) is 7.81. The lowest BCUT2D eigenvalue weighted by Crippen LogP contribution is -2.58. The highest BCUT2D eigenvalue weighted by Crippen LogP contribution is 2.24. The van der Waals surface area contributed by atoms with Gasteiger partial charge in [-0.3, -0.25) is 0 Å². The van der Waals surface area contributed by atoms with Gasteiger partial charge in [-0.15, -0.1) is 0 Å². The van der Waals surface area contributed by atoms with Crippen molar-refractivity contribution >= 4 is 17.9 Å². The first-order valence-corrected chi connectivity index (χ1v) is 9.66. The second-order valence-electron chi connectivity index (χ2n) is 6.95. The number of nitrogens with zero attached hydrogens (tertiary/aromatic N) is 2. The van der Waals surface area contributed by atoms with Gasteiger partial charge in [-0.2, -0.15) is 11.8 Å². The summed E-state index contributed by atoms with van der Waals surface area (Å²) in [7, 11) is 0. The SMILES string of the molecule is CSCc1cccc(OC(=O)N(N2CCCCC2)C(C)(C)C)c1. The van der Waals surface area contributed by atoms with Gasteiger partial charge in [0.25, 0.3) is 0 Å². The average Bonchev–Trinajstić information content (AvgIpc) is 2.47. The van der Waals surface area contributed by atoms with E-state index in [1.54, 1.807) is 16.8 Å². The minimum Gasteiger partial charge on any atom is -0.409 e. The highest BCUT2D eigenvalue weighted by Gasteiger charge is 2.34. The third-order valence-electron chi connectivity index (χ3n) is 3.84. The van der Waals surface area contributed by atoms with Gasteiger partial charge in [0.2, 0.25) is 0 Å². The number of hydrazine groups is 1. The molecular formula is C18H28N2O2S. The van der Waals surface area contributed by atoms with Crippen molar-refractivity contribution in [3.63, 3.8) is 0 Å². The van der Waals surface area contributed by atoms with Crippen LogP contribution in [0.1, 0.15) is 45.6 Å². The minimum absolute atomic E-state index is 0.291. The van der Waals surface area contributed by atoms with E-state index in [0.717, 1.165) is 31.7 Å². The number of carbonyl (C=O) groups is 1. The lowest BCUT2D eigenvalue weighted by Gasteiger charge is -2.44. The maximum Gasteiger partial charge on any atom is 0.430 e. The second kappa shape index (κ2) is 8.06. The third kappa shape index (κ3) is 5.15. The summed E-state index contributed by atoms with van der Waals surface area (Å²) < 4.78 is 5.68. The molecule has 0 spiro atoms. The molecule has 0 unspecified atom stereocenters. The number of rotatable bonds is 4. The van der Waals surface area contributed by atoms with Crippen LogP contribution < -0.4 is 4.74 Å². The van der Waals surface area contributed by atoms with E-state index in [0.29, 0.717) is 5.75 Å². The number of carbonyl (C=O) groups excluding carboxylic acids is 1. The van der Waals surface area contributed by atoms with Crippen LogP contribution in [0.4, 0.5) is 4.79 Å². The Kier molecular flexibility index (Phi) is 6.36. The van der Waals surface area contributed by atoms with Gasteiger partial charge in [0.15, 0.2) is 0 Å². The molecule has 0 radical (unpaired) electrons. The molecule has 1 fully saturated rings. The molecular weight excluding hydrogens is 308 g/mol. The van der Waals surface area contributed by atoms with Crippen molar-refractivity contribution < 1.29 is 9.53 Å². The van der Waals surface area contributed by atoms with Gasteiger partial charge in [-0.1, -0.05) is 18.6 Å². The number of hydrogen-bond acceptors (Lipinski definition) is 4. The van der Waals surface area contributed by atoms with Crippen molar-refractivity contribution in [1.82, 2.24) is 10.0 Å². The Bertz CT molecular complexity index is 522. The topological polar surface area (TPSA) is 32.8 Å². The summed E-state index contributed by atoms with van der Waals surface area (Å²) >= 11 is 1.76. The van der Waals surface area contributed by atoms with Crippen LogP contribution in [0.5, 0.6) is 5.75 Å². The van der Waals surface area contributed by atoms with Crippen molar-refractivity contribution in [3.05, 3.63) is 29.8 Å². The molecule has 0 aromatic heterocycles. The fourth-order valence-electron chi connectivity index (χ4n) is 2.90. The molecule has 0 aliphatic carbocycles. The van der Waals surface area contributed by atoms with E-state index in [9.17, 15) is 4.79 Å². The number of amides is 1.